The molecule has 1 aliphatic rings. The Morgan fingerprint density at radius 1 is 1.20 bits per heavy atom. The highest BCUT2D eigenvalue weighted by atomic mass is 32.2. The third-order valence-corrected chi connectivity index (χ3v) is 7.47. The van der Waals surface area contributed by atoms with Gasteiger partial charge in [-0.05, 0) is 37.1 Å². The number of aromatic nitrogens is 2. The Bertz CT molecular complexity index is 1210. The number of halogens is 2. The van der Waals surface area contributed by atoms with E-state index in [4.69, 9.17) is 0 Å². The Morgan fingerprint density at radius 3 is 2.67 bits per heavy atom. The van der Waals surface area contributed by atoms with Crippen molar-refractivity contribution in [1.82, 2.24) is 13.9 Å². The lowest BCUT2D eigenvalue weighted by atomic mass is 10.1. The van der Waals surface area contributed by atoms with Gasteiger partial charge in [0.15, 0.2) is 5.13 Å². The number of nitrogens with one attached hydrogen (secondary N) is 1. The number of rotatable bonds is 5. The number of anilines is 1. The minimum absolute atomic E-state index is 0.00962. The molecule has 1 aliphatic heterocycles. The van der Waals surface area contributed by atoms with Crippen LogP contribution in [0.25, 0.3) is 11.3 Å². The number of carbonyl (C=O) groups is 1. The highest BCUT2D eigenvalue weighted by Crippen LogP contribution is 2.28. The second-order valence-corrected chi connectivity index (χ2v) is 9.70. The topological polar surface area (TPSA) is 84.3 Å². The molecule has 7 nitrogen and oxygen atoms in total. The first kappa shape index (κ1) is 20.6. The van der Waals surface area contributed by atoms with Crippen LogP contribution < -0.4 is 5.32 Å². The standard InChI is InChI=1S/C19H18F2N4O3S2/c1-24-10-13(30(27,28)25-6-2-3-7-25)9-17(24)18(26)23-19-22-16(11-29-19)14-8-12(20)4-5-15(14)21/h4-5,8-11H,2-3,6-7H2,1H3,(H,22,23,26). The maximum atomic E-state index is 13.9. The van der Waals surface area contributed by atoms with E-state index in [2.05, 4.69) is 10.3 Å². The summed E-state index contributed by atoms with van der Waals surface area (Å²) in [5, 5.41) is 4.27. The van der Waals surface area contributed by atoms with Crippen molar-refractivity contribution in [2.75, 3.05) is 18.4 Å². The molecule has 1 aromatic carbocycles. The fourth-order valence-corrected chi connectivity index (χ4v) is 5.58. The predicted molar refractivity (Wildman–Crippen MR) is 109 cm³/mol. The van der Waals surface area contributed by atoms with Gasteiger partial charge in [-0.2, -0.15) is 4.31 Å². The van der Waals surface area contributed by atoms with Crippen LogP contribution in [0.4, 0.5) is 13.9 Å². The van der Waals surface area contributed by atoms with Gasteiger partial charge in [0.2, 0.25) is 10.0 Å². The SMILES string of the molecule is Cn1cc(S(=O)(=O)N2CCCC2)cc1C(=O)Nc1nc(-c2cc(F)ccc2F)cs1. The number of amides is 1. The number of nitrogens with zero attached hydrogens (tertiary/aromatic N) is 3. The first-order valence-corrected chi connectivity index (χ1v) is 11.5. The molecule has 0 atom stereocenters. The molecule has 0 unspecified atom stereocenters. The molecule has 11 heteroatoms. The lowest BCUT2D eigenvalue weighted by Crippen LogP contribution is -2.27. The summed E-state index contributed by atoms with van der Waals surface area (Å²) >= 11 is 1.05. The molecule has 3 heterocycles. The molecule has 1 saturated heterocycles. The van der Waals surface area contributed by atoms with Crippen LogP contribution in [0.1, 0.15) is 23.3 Å². The Kier molecular flexibility index (Phi) is 5.43. The third kappa shape index (κ3) is 3.87. The quantitative estimate of drug-likeness (QED) is 0.643. The Hall–Kier alpha value is -2.63. The van der Waals surface area contributed by atoms with Gasteiger partial charge in [0, 0.05) is 37.3 Å². The molecule has 1 N–H and O–H groups in total. The zero-order chi connectivity index (χ0) is 21.5. The van der Waals surface area contributed by atoms with E-state index < -0.39 is 27.6 Å². The molecule has 0 bridgehead atoms. The maximum Gasteiger partial charge on any atom is 0.274 e. The molecule has 0 radical (unpaired) electrons. The zero-order valence-electron chi connectivity index (χ0n) is 15.9. The summed E-state index contributed by atoms with van der Waals surface area (Å²) in [4.78, 5) is 16.9. The average Bonchev–Trinajstić information content (AvgIpc) is 3.44. The van der Waals surface area contributed by atoms with Crippen molar-refractivity contribution < 1.29 is 22.0 Å². The van der Waals surface area contributed by atoms with Crippen LogP contribution in [0.5, 0.6) is 0 Å². The van der Waals surface area contributed by atoms with E-state index >= 15 is 0 Å². The molecule has 0 saturated carbocycles. The fraction of sp³-hybridized carbons (Fsp3) is 0.263. The highest BCUT2D eigenvalue weighted by Gasteiger charge is 2.29. The monoisotopic (exact) mass is 452 g/mol. The van der Waals surface area contributed by atoms with Crippen LogP contribution in [0.3, 0.4) is 0 Å². The van der Waals surface area contributed by atoms with Crippen molar-refractivity contribution in [2.24, 2.45) is 7.05 Å². The normalized spacial score (nSPS) is 14.9. The summed E-state index contributed by atoms with van der Waals surface area (Å²) in [6.07, 6.45) is 3.04. The summed E-state index contributed by atoms with van der Waals surface area (Å²) in [6.45, 7) is 0.939. The molecule has 0 aliphatic carbocycles. The molecule has 1 amide bonds. The third-order valence-electron chi connectivity index (χ3n) is 4.84. The summed E-state index contributed by atoms with van der Waals surface area (Å²) in [5.41, 5.74) is 0.322. The summed E-state index contributed by atoms with van der Waals surface area (Å²) < 4.78 is 55.6. The Labute approximate surface area is 176 Å². The fourth-order valence-electron chi connectivity index (χ4n) is 3.29. The lowest BCUT2D eigenvalue weighted by Gasteiger charge is -2.13. The number of benzene rings is 1. The van der Waals surface area contributed by atoms with Gasteiger partial charge in [0.25, 0.3) is 5.91 Å². The second-order valence-electron chi connectivity index (χ2n) is 6.90. The molecular weight excluding hydrogens is 434 g/mol. The van der Waals surface area contributed by atoms with Crippen molar-refractivity contribution in [3.63, 3.8) is 0 Å². The summed E-state index contributed by atoms with van der Waals surface area (Å²) in [5.74, 6) is -1.78. The molecule has 2 aromatic heterocycles. The molecule has 30 heavy (non-hydrogen) atoms. The zero-order valence-corrected chi connectivity index (χ0v) is 17.6. The van der Waals surface area contributed by atoms with Gasteiger partial charge in [-0.1, -0.05) is 0 Å². The van der Waals surface area contributed by atoms with E-state index in [-0.39, 0.29) is 27.0 Å². The molecule has 4 rings (SSSR count). The molecule has 3 aromatic rings. The second kappa shape index (κ2) is 7.89. The van der Waals surface area contributed by atoms with E-state index in [1.165, 1.54) is 26.5 Å². The highest BCUT2D eigenvalue weighted by molar-refractivity contribution is 7.89. The molecule has 158 valence electrons. The minimum Gasteiger partial charge on any atom is -0.345 e. The van der Waals surface area contributed by atoms with Gasteiger partial charge < -0.3 is 4.57 Å². The van der Waals surface area contributed by atoms with Crippen molar-refractivity contribution in [3.8, 4) is 11.3 Å². The number of hydrogen-bond acceptors (Lipinski definition) is 5. The number of aryl methyl sites for hydroxylation is 1. The van der Waals surface area contributed by atoms with Gasteiger partial charge in [-0.25, -0.2) is 22.2 Å². The lowest BCUT2D eigenvalue weighted by molar-refractivity contribution is 0.101. The van der Waals surface area contributed by atoms with Gasteiger partial charge >= 0.3 is 0 Å². The summed E-state index contributed by atoms with van der Waals surface area (Å²) in [6, 6.07) is 4.37. The Morgan fingerprint density at radius 2 is 1.93 bits per heavy atom. The Balaban J connectivity index is 1.55. The van der Waals surface area contributed by atoms with E-state index in [0.717, 1.165) is 42.4 Å². The van der Waals surface area contributed by atoms with Crippen molar-refractivity contribution in [2.45, 2.75) is 17.7 Å². The largest absolute Gasteiger partial charge is 0.345 e. The number of sulfonamides is 1. The molecule has 0 spiro atoms. The van der Waals surface area contributed by atoms with Gasteiger partial charge in [0.05, 0.1) is 5.69 Å². The van der Waals surface area contributed by atoms with Gasteiger partial charge in [-0.3, -0.25) is 10.1 Å². The first-order chi connectivity index (χ1) is 14.3. The molecular formula is C19H18F2N4O3S2. The first-order valence-electron chi connectivity index (χ1n) is 9.14. The van der Waals surface area contributed by atoms with Crippen LogP contribution in [0.15, 0.2) is 40.7 Å². The van der Waals surface area contributed by atoms with E-state index in [0.29, 0.717) is 13.1 Å². The number of carbonyl (C=O) groups excluding carboxylic acids is 1. The van der Waals surface area contributed by atoms with Crippen molar-refractivity contribution in [3.05, 3.63) is 53.2 Å². The summed E-state index contributed by atoms with van der Waals surface area (Å²) in [7, 11) is -2.07. The van der Waals surface area contributed by atoms with Crippen molar-refractivity contribution in [1.29, 1.82) is 0 Å². The van der Waals surface area contributed by atoms with Gasteiger partial charge in [-0.15, -0.1) is 11.3 Å². The average molecular weight is 453 g/mol. The van der Waals surface area contributed by atoms with Crippen LogP contribution in [0.2, 0.25) is 0 Å². The van der Waals surface area contributed by atoms with Crippen LogP contribution >= 0.6 is 11.3 Å². The van der Waals surface area contributed by atoms with E-state index in [1.807, 2.05) is 0 Å². The maximum absolute atomic E-state index is 13.9. The van der Waals surface area contributed by atoms with Gasteiger partial charge in [0.1, 0.15) is 22.2 Å². The van der Waals surface area contributed by atoms with Crippen LogP contribution in [0, 0.1) is 11.6 Å². The van der Waals surface area contributed by atoms with E-state index in [9.17, 15) is 22.0 Å². The molecule has 1 fully saturated rings. The minimum atomic E-state index is -3.65. The van der Waals surface area contributed by atoms with Crippen LogP contribution in [-0.4, -0.2) is 41.3 Å². The number of hydrogen-bond donors (Lipinski definition) is 1. The number of thiazole rings is 1. The van der Waals surface area contributed by atoms with E-state index in [1.54, 1.807) is 7.05 Å². The smallest absolute Gasteiger partial charge is 0.274 e. The van der Waals surface area contributed by atoms with Crippen molar-refractivity contribution >= 4 is 32.4 Å². The predicted octanol–water partition coefficient (Wildman–Crippen LogP) is 3.46. The van der Waals surface area contributed by atoms with Crippen LogP contribution in [-0.2, 0) is 17.1 Å².